The van der Waals surface area contributed by atoms with Gasteiger partial charge < -0.3 is 10.6 Å². The van der Waals surface area contributed by atoms with Crippen molar-refractivity contribution in [2.75, 3.05) is 23.7 Å². The van der Waals surface area contributed by atoms with E-state index >= 15 is 0 Å². The number of anilines is 2. The highest BCUT2D eigenvalue weighted by atomic mass is 15.2. The SMILES string of the molecule is Cc1cnc(N2CCCC2)c2cccc(N)c12. The molecule has 2 aromatic rings. The Labute approximate surface area is 101 Å². The summed E-state index contributed by atoms with van der Waals surface area (Å²) >= 11 is 0. The van der Waals surface area contributed by atoms with Gasteiger partial charge in [-0.2, -0.15) is 0 Å². The van der Waals surface area contributed by atoms with Gasteiger partial charge in [-0.1, -0.05) is 12.1 Å². The first kappa shape index (κ1) is 10.4. The van der Waals surface area contributed by atoms with Gasteiger partial charge in [0, 0.05) is 35.7 Å². The molecule has 88 valence electrons. The van der Waals surface area contributed by atoms with Crippen LogP contribution >= 0.6 is 0 Å². The number of nitrogen functional groups attached to an aromatic ring is 1. The van der Waals surface area contributed by atoms with Crippen LogP contribution in [0, 0.1) is 6.92 Å². The van der Waals surface area contributed by atoms with Crippen LogP contribution in [-0.4, -0.2) is 18.1 Å². The van der Waals surface area contributed by atoms with E-state index in [1.165, 1.54) is 18.2 Å². The number of aryl methyl sites for hydroxylation is 1. The van der Waals surface area contributed by atoms with Crippen LogP contribution < -0.4 is 10.6 Å². The topological polar surface area (TPSA) is 42.2 Å². The minimum Gasteiger partial charge on any atom is -0.398 e. The minimum absolute atomic E-state index is 0.850. The predicted molar refractivity (Wildman–Crippen MR) is 72.3 cm³/mol. The molecule has 1 aliphatic heterocycles. The number of fused-ring (bicyclic) bond motifs is 1. The molecular formula is C14H17N3. The number of benzene rings is 1. The monoisotopic (exact) mass is 227 g/mol. The molecule has 0 atom stereocenters. The number of nitrogens with zero attached hydrogens (tertiary/aromatic N) is 2. The van der Waals surface area contributed by atoms with Crippen LogP contribution in [0.15, 0.2) is 24.4 Å². The van der Waals surface area contributed by atoms with Gasteiger partial charge in [-0.3, -0.25) is 0 Å². The Hall–Kier alpha value is -1.77. The van der Waals surface area contributed by atoms with E-state index in [9.17, 15) is 0 Å². The quantitative estimate of drug-likeness (QED) is 0.762. The van der Waals surface area contributed by atoms with Crippen LogP contribution in [0.2, 0.25) is 0 Å². The van der Waals surface area contributed by atoms with Gasteiger partial charge in [-0.05, 0) is 31.4 Å². The zero-order chi connectivity index (χ0) is 11.8. The fourth-order valence-electron chi connectivity index (χ4n) is 2.67. The summed E-state index contributed by atoms with van der Waals surface area (Å²) in [6.45, 7) is 4.29. The van der Waals surface area contributed by atoms with Gasteiger partial charge in [-0.25, -0.2) is 4.98 Å². The van der Waals surface area contributed by atoms with Crippen molar-refractivity contribution < 1.29 is 0 Å². The van der Waals surface area contributed by atoms with E-state index < -0.39 is 0 Å². The van der Waals surface area contributed by atoms with Crippen molar-refractivity contribution in [2.24, 2.45) is 0 Å². The first-order valence-corrected chi connectivity index (χ1v) is 6.16. The summed E-state index contributed by atoms with van der Waals surface area (Å²) in [5.74, 6) is 1.09. The summed E-state index contributed by atoms with van der Waals surface area (Å²) in [5.41, 5.74) is 8.08. The van der Waals surface area contributed by atoms with Crippen LogP contribution in [0.25, 0.3) is 10.8 Å². The lowest BCUT2D eigenvalue weighted by molar-refractivity contribution is 0.944. The van der Waals surface area contributed by atoms with Crippen LogP contribution in [-0.2, 0) is 0 Å². The summed E-state index contributed by atoms with van der Waals surface area (Å²) in [7, 11) is 0. The highest BCUT2D eigenvalue weighted by molar-refractivity contribution is 6.01. The third-order valence-electron chi connectivity index (χ3n) is 3.52. The second-order valence-corrected chi connectivity index (χ2v) is 4.73. The summed E-state index contributed by atoms with van der Waals surface area (Å²) in [6.07, 6.45) is 4.46. The van der Waals surface area contributed by atoms with Crippen molar-refractivity contribution >= 4 is 22.3 Å². The molecule has 0 radical (unpaired) electrons. The van der Waals surface area contributed by atoms with E-state index in [0.29, 0.717) is 0 Å². The van der Waals surface area contributed by atoms with Gasteiger partial charge in [0.1, 0.15) is 5.82 Å². The molecule has 3 heteroatoms. The van der Waals surface area contributed by atoms with Gasteiger partial charge >= 0.3 is 0 Å². The molecule has 1 saturated heterocycles. The number of aromatic nitrogens is 1. The van der Waals surface area contributed by atoms with E-state index in [0.717, 1.165) is 35.5 Å². The van der Waals surface area contributed by atoms with Gasteiger partial charge in [0.05, 0.1) is 0 Å². The van der Waals surface area contributed by atoms with Crippen molar-refractivity contribution in [3.05, 3.63) is 30.0 Å². The molecule has 2 N–H and O–H groups in total. The van der Waals surface area contributed by atoms with Crippen molar-refractivity contribution in [1.82, 2.24) is 4.98 Å². The average molecular weight is 227 g/mol. The lowest BCUT2D eigenvalue weighted by atomic mass is 10.1. The highest BCUT2D eigenvalue weighted by Gasteiger charge is 2.17. The number of nitrogens with two attached hydrogens (primary N) is 1. The van der Waals surface area contributed by atoms with E-state index in [4.69, 9.17) is 5.73 Å². The maximum atomic E-state index is 6.08. The van der Waals surface area contributed by atoms with Gasteiger partial charge in [0.25, 0.3) is 0 Å². The van der Waals surface area contributed by atoms with E-state index in [-0.39, 0.29) is 0 Å². The molecule has 0 aliphatic carbocycles. The van der Waals surface area contributed by atoms with Crippen molar-refractivity contribution in [3.8, 4) is 0 Å². The Bertz CT molecular complexity index is 548. The first-order chi connectivity index (χ1) is 8.27. The Balaban J connectivity index is 2.26. The second-order valence-electron chi connectivity index (χ2n) is 4.73. The Kier molecular flexibility index (Phi) is 2.39. The third-order valence-corrected chi connectivity index (χ3v) is 3.52. The Morgan fingerprint density at radius 3 is 2.76 bits per heavy atom. The molecule has 0 bridgehead atoms. The molecule has 17 heavy (non-hydrogen) atoms. The lowest BCUT2D eigenvalue weighted by Gasteiger charge is -2.19. The molecule has 0 unspecified atom stereocenters. The zero-order valence-corrected chi connectivity index (χ0v) is 10.1. The molecule has 1 aromatic heterocycles. The molecule has 1 aromatic carbocycles. The number of rotatable bonds is 1. The molecule has 2 heterocycles. The van der Waals surface area contributed by atoms with Crippen molar-refractivity contribution in [3.63, 3.8) is 0 Å². The van der Waals surface area contributed by atoms with E-state index in [1.54, 1.807) is 0 Å². The molecular weight excluding hydrogens is 210 g/mol. The fourth-order valence-corrected chi connectivity index (χ4v) is 2.67. The lowest BCUT2D eigenvalue weighted by Crippen LogP contribution is -2.19. The van der Waals surface area contributed by atoms with Gasteiger partial charge in [0.15, 0.2) is 0 Å². The Morgan fingerprint density at radius 2 is 2.00 bits per heavy atom. The van der Waals surface area contributed by atoms with Gasteiger partial charge in [-0.15, -0.1) is 0 Å². The number of hydrogen-bond acceptors (Lipinski definition) is 3. The maximum Gasteiger partial charge on any atom is 0.136 e. The highest BCUT2D eigenvalue weighted by Crippen LogP contribution is 2.32. The zero-order valence-electron chi connectivity index (χ0n) is 10.1. The van der Waals surface area contributed by atoms with Crippen molar-refractivity contribution in [2.45, 2.75) is 19.8 Å². The minimum atomic E-state index is 0.850. The molecule has 1 aliphatic rings. The van der Waals surface area contributed by atoms with Crippen LogP contribution in [0.1, 0.15) is 18.4 Å². The average Bonchev–Trinajstić information content (AvgIpc) is 2.83. The summed E-state index contributed by atoms with van der Waals surface area (Å²) in [5, 5.41) is 2.34. The van der Waals surface area contributed by atoms with Crippen LogP contribution in [0.4, 0.5) is 11.5 Å². The number of hydrogen-bond donors (Lipinski definition) is 1. The van der Waals surface area contributed by atoms with E-state index in [1.807, 2.05) is 18.3 Å². The van der Waals surface area contributed by atoms with Gasteiger partial charge in [0.2, 0.25) is 0 Å². The molecule has 0 amide bonds. The van der Waals surface area contributed by atoms with Crippen LogP contribution in [0.3, 0.4) is 0 Å². The molecule has 3 rings (SSSR count). The predicted octanol–water partition coefficient (Wildman–Crippen LogP) is 2.73. The summed E-state index contributed by atoms with van der Waals surface area (Å²) in [4.78, 5) is 6.96. The molecule has 0 spiro atoms. The van der Waals surface area contributed by atoms with Crippen molar-refractivity contribution in [1.29, 1.82) is 0 Å². The molecule has 3 nitrogen and oxygen atoms in total. The number of pyridine rings is 1. The Morgan fingerprint density at radius 1 is 1.24 bits per heavy atom. The largest absolute Gasteiger partial charge is 0.398 e. The normalized spacial score (nSPS) is 15.7. The van der Waals surface area contributed by atoms with Crippen LogP contribution in [0.5, 0.6) is 0 Å². The third kappa shape index (κ3) is 1.62. The standard InChI is InChI=1S/C14H17N3/c1-10-9-16-14(17-7-2-3-8-17)11-5-4-6-12(15)13(10)11/h4-6,9H,2-3,7-8,15H2,1H3. The fraction of sp³-hybridized carbons (Fsp3) is 0.357. The summed E-state index contributed by atoms with van der Waals surface area (Å²) in [6, 6.07) is 6.10. The van der Waals surface area contributed by atoms with E-state index in [2.05, 4.69) is 22.9 Å². The summed E-state index contributed by atoms with van der Waals surface area (Å²) < 4.78 is 0. The smallest absolute Gasteiger partial charge is 0.136 e. The first-order valence-electron chi connectivity index (χ1n) is 6.16. The molecule has 1 fully saturated rings. The second kappa shape index (κ2) is 3.91. The molecule has 0 saturated carbocycles. The maximum absolute atomic E-state index is 6.08.